The average Bonchev–Trinajstić information content (AvgIpc) is 3.07. The summed E-state index contributed by atoms with van der Waals surface area (Å²) in [4.78, 5) is 12.9. The van der Waals surface area contributed by atoms with Gasteiger partial charge in [0, 0.05) is 29.5 Å². The first-order valence-electron chi connectivity index (χ1n) is 7.71. The fourth-order valence-electron chi connectivity index (χ4n) is 2.33. The van der Waals surface area contributed by atoms with Gasteiger partial charge < -0.3 is 5.32 Å². The van der Waals surface area contributed by atoms with Crippen LogP contribution < -0.4 is 5.32 Å². The van der Waals surface area contributed by atoms with E-state index >= 15 is 0 Å². The van der Waals surface area contributed by atoms with Gasteiger partial charge in [0.2, 0.25) is 10.9 Å². The van der Waals surface area contributed by atoms with Crippen molar-refractivity contribution in [1.29, 1.82) is 0 Å². The van der Waals surface area contributed by atoms with Crippen LogP contribution in [0.3, 0.4) is 0 Å². The molecule has 0 radical (unpaired) electrons. The highest BCUT2D eigenvalue weighted by molar-refractivity contribution is 7.16. The molecule has 24 heavy (non-hydrogen) atoms. The number of amides is 1. The van der Waals surface area contributed by atoms with E-state index in [2.05, 4.69) is 34.5 Å². The summed E-state index contributed by atoms with van der Waals surface area (Å²) in [5.74, 6) is 1.05. The molecule has 0 unspecified atom stereocenters. The molecule has 2 heterocycles. The minimum Gasteiger partial charge on any atom is -0.326 e. The van der Waals surface area contributed by atoms with Gasteiger partial charge in [-0.25, -0.2) is 0 Å². The Hall–Kier alpha value is -1.99. The van der Waals surface area contributed by atoms with Gasteiger partial charge in [-0.15, -0.1) is 10.2 Å². The van der Waals surface area contributed by atoms with Gasteiger partial charge >= 0.3 is 0 Å². The summed E-state index contributed by atoms with van der Waals surface area (Å²) < 4.78 is 1.77. The van der Waals surface area contributed by atoms with Crippen LogP contribution in [0.15, 0.2) is 18.2 Å². The van der Waals surface area contributed by atoms with Crippen LogP contribution in [0.2, 0.25) is 5.02 Å². The summed E-state index contributed by atoms with van der Waals surface area (Å²) in [5.41, 5.74) is 1.72. The molecule has 2 aromatic heterocycles. The van der Waals surface area contributed by atoms with Gasteiger partial charge in [-0.3, -0.25) is 4.79 Å². The molecule has 0 saturated carbocycles. The molecule has 0 aliphatic rings. The van der Waals surface area contributed by atoms with Crippen molar-refractivity contribution >= 4 is 39.5 Å². The van der Waals surface area contributed by atoms with Crippen molar-refractivity contribution in [2.24, 2.45) is 0 Å². The molecule has 0 saturated heterocycles. The third-order valence-electron chi connectivity index (χ3n) is 3.60. The zero-order valence-electron chi connectivity index (χ0n) is 13.7. The zero-order valence-corrected chi connectivity index (χ0v) is 15.3. The number of halogens is 1. The summed E-state index contributed by atoms with van der Waals surface area (Å²) in [7, 11) is 0. The molecule has 1 aromatic carbocycles. The van der Waals surface area contributed by atoms with Crippen LogP contribution in [0, 0.1) is 6.92 Å². The van der Waals surface area contributed by atoms with Crippen LogP contribution in [0.5, 0.6) is 0 Å². The van der Waals surface area contributed by atoms with E-state index in [0.29, 0.717) is 17.9 Å². The Labute approximate surface area is 148 Å². The normalized spacial score (nSPS) is 11.4. The third kappa shape index (κ3) is 3.57. The van der Waals surface area contributed by atoms with Gasteiger partial charge in [-0.05, 0) is 30.7 Å². The lowest BCUT2D eigenvalue weighted by molar-refractivity contribution is -0.116. The Balaban J connectivity index is 1.64. The molecule has 0 spiro atoms. The number of aromatic nitrogens is 4. The van der Waals surface area contributed by atoms with E-state index in [1.54, 1.807) is 10.6 Å². The van der Waals surface area contributed by atoms with Crippen molar-refractivity contribution < 1.29 is 4.79 Å². The third-order valence-corrected chi connectivity index (χ3v) is 4.80. The maximum atomic E-state index is 12.1. The summed E-state index contributed by atoms with van der Waals surface area (Å²) >= 11 is 7.39. The van der Waals surface area contributed by atoms with Gasteiger partial charge in [-0.2, -0.15) is 9.61 Å². The molecule has 6 nitrogen and oxygen atoms in total. The Morgan fingerprint density at radius 2 is 2.17 bits per heavy atom. The van der Waals surface area contributed by atoms with E-state index in [1.165, 1.54) is 11.3 Å². The number of rotatable bonds is 5. The Kier molecular flexibility index (Phi) is 4.82. The fourth-order valence-corrected chi connectivity index (χ4v) is 3.40. The average molecular weight is 364 g/mol. The maximum absolute atomic E-state index is 12.1. The lowest BCUT2D eigenvalue weighted by atomic mass is 10.2. The van der Waals surface area contributed by atoms with E-state index in [-0.39, 0.29) is 11.8 Å². The predicted octanol–water partition coefficient (Wildman–Crippen LogP) is 3.84. The maximum Gasteiger partial charge on any atom is 0.234 e. The van der Waals surface area contributed by atoms with E-state index in [4.69, 9.17) is 11.6 Å². The monoisotopic (exact) mass is 363 g/mol. The number of anilines is 1. The van der Waals surface area contributed by atoms with Gasteiger partial charge in [0.25, 0.3) is 0 Å². The van der Waals surface area contributed by atoms with Crippen LogP contribution in [0.25, 0.3) is 4.96 Å². The molecule has 1 N–H and O–H groups in total. The number of hydrogen-bond donors (Lipinski definition) is 1. The second kappa shape index (κ2) is 6.86. The van der Waals surface area contributed by atoms with E-state index in [0.717, 1.165) is 27.0 Å². The molecular weight excluding hydrogens is 346 g/mol. The van der Waals surface area contributed by atoms with Crippen LogP contribution in [0.1, 0.15) is 42.6 Å². The van der Waals surface area contributed by atoms with Crippen LogP contribution >= 0.6 is 22.9 Å². The summed E-state index contributed by atoms with van der Waals surface area (Å²) in [6.07, 6.45) is 0.938. The number of fused-ring (bicyclic) bond motifs is 1. The molecule has 1 amide bonds. The molecule has 8 heteroatoms. The highest BCUT2D eigenvalue weighted by atomic mass is 35.5. The van der Waals surface area contributed by atoms with Crippen molar-refractivity contribution in [2.75, 3.05) is 5.32 Å². The Morgan fingerprint density at radius 3 is 2.88 bits per heavy atom. The number of nitrogens with one attached hydrogen (secondary N) is 1. The van der Waals surface area contributed by atoms with Crippen molar-refractivity contribution in [3.8, 4) is 0 Å². The summed E-state index contributed by atoms with van der Waals surface area (Å²) in [6.45, 7) is 6.02. The van der Waals surface area contributed by atoms with Crippen LogP contribution in [-0.2, 0) is 11.2 Å². The smallest absolute Gasteiger partial charge is 0.234 e. The molecule has 126 valence electrons. The van der Waals surface area contributed by atoms with Crippen molar-refractivity contribution in [2.45, 2.75) is 39.5 Å². The van der Waals surface area contributed by atoms with Gasteiger partial charge in [-0.1, -0.05) is 36.8 Å². The van der Waals surface area contributed by atoms with Gasteiger partial charge in [0.15, 0.2) is 5.82 Å². The number of carbonyl (C=O) groups is 1. The second-order valence-electron chi connectivity index (χ2n) is 5.91. The summed E-state index contributed by atoms with van der Waals surface area (Å²) in [6, 6.07) is 5.40. The molecule has 0 bridgehead atoms. The van der Waals surface area contributed by atoms with Crippen LogP contribution in [0.4, 0.5) is 5.69 Å². The number of benzene rings is 1. The topological polar surface area (TPSA) is 72.2 Å². The Morgan fingerprint density at radius 1 is 1.38 bits per heavy atom. The molecule has 3 rings (SSSR count). The number of carbonyl (C=O) groups excluding carboxylic acids is 1. The quantitative estimate of drug-likeness (QED) is 0.747. The van der Waals surface area contributed by atoms with E-state index in [9.17, 15) is 4.79 Å². The summed E-state index contributed by atoms with van der Waals surface area (Å²) in [5, 5.41) is 17.2. The highest BCUT2D eigenvalue weighted by Gasteiger charge is 2.15. The molecule has 0 atom stereocenters. The largest absolute Gasteiger partial charge is 0.326 e. The highest BCUT2D eigenvalue weighted by Crippen LogP contribution is 2.21. The predicted molar refractivity (Wildman–Crippen MR) is 95.9 cm³/mol. The second-order valence-corrected chi connectivity index (χ2v) is 7.39. The number of hydrogen-bond acceptors (Lipinski definition) is 5. The van der Waals surface area contributed by atoms with Gasteiger partial charge in [0.05, 0.1) is 0 Å². The molecular formula is C16H18ClN5OS. The molecule has 0 fully saturated rings. The van der Waals surface area contributed by atoms with Gasteiger partial charge in [0.1, 0.15) is 5.01 Å². The number of nitrogens with zero attached hydrogens (tertiary/aromatic N) is 4. The first-order chi connectivity index (χ1) is 11.4. The minimum absolute atomic E-state index is 0.0459. The van der Waals surface area contributed by atoms with Crippen molar-refractivity contribution in [3.63, 3.8) is 0 Å². The molecule has 0 aliphatic heterocycles. The first-order valence-corrected chi connectivity index (χ1v) is 8.90. The molecule has 3 aromatic rings. The Bertz CT molecular complexity index is 886. The molecule has 0 aliphatic carbocycles. The lowest BCUT2D eigenvalue weighted by Crippen LogP contribution is -2.13. The van der Waals surface area contributed by atoms with E-state index < -0.39 is 0 Å². The fraction of sp³-hybridized carbons (Fsp3) is 0.375. The number of aryl methyl sites for hydroxylation is 2. The minimum atomic E-state index is -0.0459. The van der Waals surface area contributed by atoms with Crippen LogP contribution in [-0.4, -0.2) is 25.7 Å². The lowest BCUT2D eigenvalue weighted by Gasteiger charge is -2.08. The first kappa shape index (κ1) is 16.9. The van der Waals surface area contributed by atoms with E-state index in [1.807, 2.05) is 19.1 Å². The SMILES string of the molecule is Cc1cc(Cl)ccc1NC(=O)CCc1nn2c(C(C)C)nnc2s1. The van der Waals surface area contributed by atoms with Crippen molar-refractivity contribution in [1.82, 2.24) is 19.8 Å². The zero-order chi connectivity index (χ0) is 17.3. The van der Waals surface area contributed by atoms with Crippen molar-refractivity contribution in [3.05, 3.63) is 39.6 Å². The standard InChI is InChI=1S/C16H18ClN5OS/c1-9(2)15-19-20-16-22(15)21-14(24-16)7-6-13(23)18-12-5-4-11(17)8-10(12)3/h4-5,8-9H,6-7H2,1-3H3,(H,18,23).